The highest BCUT2D eigenvalue weighted by Gasteiger charge is 2.32. The van der Waals surface area contributed by atoms with Crippen molar-refractivity contribution in [1.82, 2.24) is 0 Å². The zero-order valence-electron chi connectivity index (χ0n) is 12.8. The minimum absolute atomic E-state index is 0.110. The number of hydrogen-bond acceptors (Lipinski definition) is 4. The number of rotatable bonds is 4. The first kappa shape index (κ1) is 15.2. The van der Waals surface area contributed by atoms with Gasteiger partial charge in [-0.15, -0.1) is 0 Å². The highest BCUT2D eigenvalue weighted by molar-refractivity contribution is 6.37. The van der Waals surface area contributed by atoms with Crippen LogP contribution in [-0.4, -0.2) is 18.3 Å². The van der Waals surface area contributed by atoms with Gasteiger partial charge in [-0.25, -0.2) is 9.18 Å². The summed E-state index contributed by atoms with van der Waals surface area (Å²) in [4.78, 5) is 12.0. The Morgan fingerprint density at radius 1 is 1.22 bits per heavy atom. The number of benzene rings is 2. The van der Waals surface area contributed by atoms with Crippen molar-refractivity contribution in [3.8, 4) is 0 Å². The highest BCUT2D eigenvalue weighted by atomic mass is 19.1. The predicted octanol–water partition coefficient (Wildman–Crippen LogP) is 3.70. The number of esters is 1. The molecule has 0 fully saturated rings. The molecule has 2 aromatic carbocycles. The maximum Gasteiger partial charge on any atom is 0.354 e. The average molecular weight is 312 g/mol. The van der Waals surface area contributed by atoms with Crippen molar-refractivity contribution in [3.05, 3.63) is 66.0 Å². The molecule has 0 spiro atoms. The molecule has 5 heteroatoms. The van der Waals surface area contributed by atoms with E-state index < -0.39 is 5.97 Å². The summed E-state index contributed by atoms with van der Waals surface area (Å²) in [5.41, 5.74) is 2.16. The maximum atomic E-state index is 13.2. The average Bonchev–Trinajstić information content (AvgIpc) is 3.02. The van der Waals surface area contributed by atoms with Crippen LogP contribution in [0.1, 0.15) is 24.9 Å². The van der Waals surface area contributed by atoms with E-state index >= 15 is 0 Å². The normalized spacial score (nSPS) is 17.0. The number of hydrogen-bond donors (Lipinski definition) is 0. The molecular weight excluding hydrogens is 295 g/mol. The Kier molecular flexibility index (Phi) is 4.37. The van der Waals surface area contributed by atoms with E-state index in [0.717, 1.165) is 11.3 Å². The summed E-state index contributed by atoms with van der Waals surface area (Å²) >= 11 is 0. The fourth-order valence-corrected chi connectivity index (χ4v) is 2.61. The Hall–Kier alpha value is -2.69. The van der Waals surface area contributed by atoms with E-state index in [4.69, 9.17) is 4.74 Å². The van der Waals surface area contributed by atoms with Crippen LogP contribution >= 0.6 is 0 Å². The van der Waals surface area contributed by atoms with Crippen molar-refractivity contribution < 1.29 is 13.9 Å². The molecule has 3 rings (SSSR count). The molecule has 0 amide bonds. The molecule has 0 saturated carbocycles. The molecule has 2 aromatic rings. The van der Waals surface area contributed by atoms with Gasteiger partial charge in [0.05, 0.1) is 18.3 Å². The Balaban J connectivity index is 1.95. The number of hydrazone groups is 1. The second kappa shape index (κ2) is 6.60. The van der Waals surface area contributed by atoms with Crippen LogP contribution in [0.3, 0.4) is 0 Å². The second-order valence-corrected chi connectivity index (χ2v) is 5.22. The Bertz CT molecular complexity index is 714. The van der Waals surface area contributed by atoms with Gasteiger partial charge in [-0.2, -0.15) is 5.10 Å². The lowest BCUT2D eigenvalue weighted by atomic mass is 10.0. The summed E-state index contributed by atoms with van der Waals surface area (Å²) in [5.74, 6) is -0.711. The molecule has 0 radical (unpaired) electrons. The van der Waals surface area contributed by atoms with Gasteiger partial charge in [-0.1, -0.05) is 30.3 Å². The van der Waals surface area contributed by atoms with Gasteiger partial charge in [-0.05, 0) is 36.8 Å². The van der Waals surface area contributed by atoms with Gasteiger partial charge in [0.25, 0.3) is 0 Å². The van der Waals surface area contributed by atoms with Gasteiger partial charge in [0.1, 0.15) is 11.5 Å². The lowest BCUT2D eigenvalue weighted by molar-refractivity contribution is -0.135. The number of halogens is 1. The molecule has 1 atom stereocenters. The van der Waals surface area contributed by atoms with Crippen molar-refractivity contribution in [3.63, 3.8) is 0 Å². The Morgan fingerprint density at radius 2 is 1.91 bits per heavy atom. The molecular formula is C18H17FN2O2. The molecule has 23 heavy (non-hydrogen) atoms. The van der Waals surface area contributed by atoms with Crippen molar-refractivity contribution in [2.75, 3.05) is 11.6 Å². The molecule has 0 N–H and O–H groups in total. The molecule has 4 nitrogen and oxygen atoms in total. The van der Waals surface area contributed by atoms with Crippen LogP contribution in [-0.2, 0) is 9.53 Å². The standard InChI is InChI=1S/C18H17FN2O2/c1-2-23-18(22)16-12-17(13-6-4-3-5-7-13)21(20-16)15-10-8-14(19)9-11-15/h3-11,17H,2,12H2,1H3. The third-order valence-electron chi connectivity index (χ3n) is 3.70. The maximum absolute atomic E-state index is 13.2. The topological polar surface area (TPSA) is 41.9 Å². The molecule has 0 aromatic heterocycles. The molecule has 0 saturated heterocycles. The van der Waals surface area contributed by atoms with E-state index in [1.165, 1.54) is 12.1 Å². The van der Waals surface area contributed by atoms with Crippen LogP contribution in [0.5, 0.6) is 0 Å². The third kappa shape index (κ3) is 3.23. The molecule has 1 aliphatic rings. The number of carbonyl (C=O) groups is 1. The predicted molar refractivity (Wildman–Crippen MR) is 86.7 cm³/mol. The fourth-order valence-electron chi connectivity index (χ4n) is 2.61. The summed E-state index contributed by atoms with van der Waals surface area (Å²) in [7, 11) is 0. The van der Waals surface area contributed by atoms with Gasteiger partial charge in [0, 0.05) is 6.42 Å². The van der Waals surface area contributed by atoms with Crippen molar-refractivity contribution in [1.29, 1.82) is 0 Å². The number of nitrogens with zero attached hydrogens (tertiary/aromatic N) is 2. The van der Waals surface area contributed by atoms with Crippen LogP contribution in [0.4, 0.5) is 10.1 Å². The quantitative estimate of drug-likeness (QED) is 0.809. The number of ether oxygens (including phenoxy) is 1. The SMILES string of the molecule is CCOC(=O)C1=NN(c2ccc(F)cc2)C(c2ccccc2)C1. The number of carbonyl (C=O) groups excluding carboxylic acids is 1. The molecule has 118 valence electrons. The van der Waals surface area contributed by atoms with Crippen molar-refractivity contribution >= 4 is 17.4 Å². The zero-order chi connectivity index (χ0) is 16.2. The highest BCUT2D eigenvalue weighted by Crippen LogP contribution is 2.35. The zero-order valence-corrected chi connectivity index (χ0v) is 12.8. The first-order valence-electron chi connectivity index (χ1n) is 7.53. The summed E-state index contributed by atoms with van der Waals surface area (Å²) < 4.78 is 18.2. The van der Waals surface area contributed by atoms with Gasteiger partial charge in [0.15, 0.2) is 0 Å². The van der Waals surface area contributed by atoms with Crippen LogP contribution < -0.4 is 5.01 Å². The van der Waals surface area contributed by atoms with E-state index in [2.05, 4.69) is 5.10 Å². The van der Waals surface area contributed by atoms with E-state index in [9.17, 15) is 9.18 Å². The van der Waals surface area contributed by atoms with Crippen LogP contribution in [0.2, 0.25) is 0 Å². The van der Waals surface area contributed by atoms with Crippen LogP contribution in [0.15, 0.2) is 59.7 Å². The Morgan fingerprint density at radius 3 is 2.57 bits per heavy atom. The Labute approximate surface area is 134 Å². The van der Waals surface area contributed by atoms with E-state index in [-0.39, 0.29) is 11.9 Å². The fraction of sp³-hybridized carbons (Fsp3) is 0.222. The van der Waals surface area contributed by atoms with Gasteiger partial charge in [-0.3, -0.25) is 5.01 Å². The summed E-state index contributed by atoms with van der Waals surface area (Å²) in [6, 6.07) is 15.8. The van der Waals surface area contributed by atoms with Crippen molar-refractivity contribution in [2.45, 2.75) is 19.4 Å². The molecule has 1 aliphatic heterocycles. The van der Waals surface area contributed by atoms with E-state index in [1.54, 1.807) is 24.1 Å². The molecule has 0 aliphatic carbocycles. The van der Waals surface area contributed by atoms with E-state index in [1.807, 2.05) is 30.3 Å². The van der Waals surface area contributed by atoms with Crippen molar-refractivity contribution in [2.24, 2.45) is 5.10 Å². The minimum atomic E-state index is -0.405. The first-order chi connectivity index (χ1) is 11.2. The third-order valence-corrected chi connectivity index (χ3v) is 3.70. The van der Waals surface area contributed by atoms with E-state index in [0.29, 0.717) is 18.7 Å². The summed E-state index contributed by atoms with van der Waals surface area (Å²) in [6.45, 7) is 2.07. The monoisotopic (exact) mass is 312 g/mol. The largest absolute Gasteiger partial charge is 0.461 e. The van der Waals surface area contributed by atoms with Gasteiger partial charge in [0.2, 0.25) is 0 Å². The minimum Gasteiger partial charge on any atom is -0.461 e. The first-order valence-corrected chi connectivity index (χ1v) is 7.53. The lowest BCUT2D eigenvalue weighted by Crippen LogP contribution is -2.18. The summed E-state index contributed by atoms with van der Waals surface area (Å²) in [5, 5.41) is 6.17. The van der Waals surface area contributed by atoms with Gasteiger partial charge >= 0.3 is 5.97 Å². The molecule has 0 bridgehead atoms. The smallest absolute Gasteiger partial charge is 0.354 e. The molecule has 1 unspecified atom stereocenters. The number of anilines is 1. The lowest BCUT2D eigenvalue weighted by Gasteiger charge is -2.23. The van der Waals surface area contributed by atoms with Gasteiger partial charge < -0.3 is 4.74 Å². The molecule has 1 heterocycles. The second-order valence-electron chi connectivity index (χ2n) is 5.22. The summed E-state index contributed by atoms with van der Waals surface area (Å²) in [6.07, 6.45) is 0.459. The van der Waals surface area contributed by atoms with Crippen LogP contribution in [0, 0.1) is 5.82 Å². The van der Waals surface area contributed by atoms with Crippen LogP contribution in [0.25, 0.3) is 0 Å².